The molecule has 5 N–H and O–H groups in total. The van der Waals surface area contributed by atoms with Crippen molar-refractivity contribution in [2.24, 2.45) is 5.73 Å². The average molecular weight is 340 g/mol. The van der Waals surface area contributed by atoms with Gasteiger partial charge in [0.25, 0.3) is 5.91 Å². The third-order valence-electron chi connectivity index (χ3n) is 3.72. The lowest BCUT2D eigenvalue weighted by Crippen LogP contribution is -2.42. The summed E-state index contributed by atoms with van der Waals surface area (Å²) in [4.78, 5) is 36.6. The molecular formula is C14H19FN5O4+. The minimum Gasteiger partial charge on any atom is -0.480 e. The predicted octanol–water partition coefficient (Wildman–Crippen LogP) is -0.237. The highest BCUT2D eigenvalue weighted by atomic mass is 19.1. The van der Waals surface area contributed by atoms with Crippen LogP contribution >= 0.6 is 0 Å². The van der Waals surface area contributed by atoms with E-state index in [-0.39, 0.29) is 18.3 Å². The molecule has 24 heavy (non-hydrogen) atoms. The zero-order chi connectivity index (χ0) is 18.0. The number of benzene rings is 1. The van der Waals surface area contributed by atoms with Crippen molar-refractivity contribution in [3.63, 3.8) is 0 Å². The molecule has 10 heteroatoms. The number of carboxylic acid groups (broad SMARTS) is 1. The van der Waals surface area contributed by atoms with Crippen LogP contribution in [-0.2, 0) is 4.79 Å². The quantitative estimate of drug-likeness (QED) is 0.545. The number of amides is 1. The van der Waals surface area contributed by atoms with Gasteiger partial charge in [0, 0.05) is 24.7 Å². The van der Waals surface area contributed by atoms with Crippen LogP contribution in [0.15, 0.2) is 18.2 Å². The first-order chi connectivity index (χ1) is 11.2. The van der Waals surface area contributed by atoms with E-state index in [0.717, 1.165) is 6.07 Å². The van der Waals surface area contributed by atoms with Gasteiger partial charge in [0.15, 0.2) is 6.17 Å². The third kappa shape index (κ3) is 3.59. The van der Waals surface area contributed by atoms with Crippen LogP contribution in [0.4, 0.5) is 10.1 Å². The topological polar surface area (TPSA) is 128 Å². The van der Waals surface area contributed by atoms with Gasteiger partial charge in [-0.2, -0.15) is 0 Å². The molecule has 1 saturated heterocycles. The standard InChI is InChI=1S/C14H18FN5O4/c1-7-18-20(24)8(2)19(7)11-4-9(3-10(15)5-11)13(21)17-6-12(16)14(22)23/h3-5,7-8,12H,6,16H2,1-2H3,(H2-,17,18,21,22,23,24)/p+1/t7?,8?,12-/m1/s1. The molecule has 130 valence electrons. The van der Waals surface area contributed by atoms with Crippen molar-refractivity contribution in [2.45, 2.75) is 32.2 Å². The number of carbonyl (C=O) groups excluding carboxylic acids is 1. The van der Waals surface area contributed by atoms with Crippen LogP contribution in [0.25, 0.3) is 0 Å². The molecule has 1 aliphatic heterocycles. The number of hydrazine groups is 1. The van der Waals surface area contributed by atoms with Crippen LogP contribution in [0.1, 0.15) is 24.2 Å². The molecule has 1 aromatic rings. The van der Waals surface area contributed by atoms with E-state index in [0.29, 0.717) is 10.6 Å². The van der Waals surface area contributed by atoms with Crippen molar-refractivity contribution < 1.29 is 24.0 Å². The number of hydrogen-bond acceptors (Lipinski definition) is 5. The van der Waals surface area contributed by atoms with Gasteiger partial charge in [-0.05, 0) is 25.1 Å². The minimum atomic E-state index is -1.25. The number of hydrogen-bond donors (Lipinski definition) is 4. The second kappa shape index (κ2) is 6.79. The first-order valence-corrected chi connectivity index (χ1v) is 7.28. The predicted molar refractivity (Wildman–Crippen MR) is 82.5 cm³/mol. The second-order valence-electron chi connectivity index (χ2n) is 5.52. The second-order valence-corrected chi connectivity index (χ2v) is 5.52. The van der Waals surface area contributed by atoms with Gasteiger partial charge in [-0.15, -0.1) is 5.43 Å². The van der Waals surface area contributed by atoms with Gasteiger partial charge in [-0.25, -0.2) is 4.39 Å². The Labute approximate surface area is 137 Å². The normalized spacial score (nSPS) is 21.3. The Hall–Kier alpha value is -2.75. The molecule has 1 heterocycles. The first-order valence-electron chi connectivity index (χ1n) is 7.28. The number of nitroso groups, excluding NO2 is 1. The number of halogens is 1. The Morgan fingerprint density at radius 1 is 1.46 bits per heavy atom. The van der Waals surface area contributed by atoms with Crippen LogP contribution in [0.2, 0.25) is 0 Å². The maximum atomic E-state index is 13.9. The Bertz CT molecular complexity index is 683. The number of anilines is 1. The zero-order valence-electron chi connectivity index (χ0n) is 13.2. The summed E-state index contributed by atoms with van der Waals surface area (Å²) in [5, 5.41) is 11.0. The molecule has 2 unspecified atom stereocenters. The number of nitrogens with two attached hydrogens (primary N) is 1. The lowest BCUT2D eigenvalue weighted by Gasteiger charge is -2.21. The summed E-state index contributed by atoms with van der Waals surface area (Å²) in [7, 11) is 0. The van der Waals surface area contributed by atoms with Crippen molar-refractivity contribution in [3.8, 4) is 0 Å². The van der Waals surface area contributed by atoms with Gasteiger partial charge in [-0.1, -0.05) is 0 Å². The zero-order valence-corrected chi connectivity index (χ0v) is 13.2. The number of aliphatic carboxylic acids is 1. The monoisotopic (exact) mass is 340 g/mol. The first kappa shape index (κ1) is 17.6. The molecule has 0 radical (unpaired) electrons. The van der Waals surface area contributed by atoms with Crippen molar-refractivity contribution in [1.29, 1.82) is 0 Å². The Morgan fingerprint density at radius 3 is 2.67 bits per heavy atom. The van der Waals surface area contributed by atoms with Crippen LogP contribution in [-0.4, -0.2) is 46.8 Å². The summed E-state index contributed by atoms with van der Waals surface area (Å²) in [6.45, 7) is 3.08. The number of carboxylic acids is 1. The fourth-order valence-corrected chi connectivity index (χ4v) is 2.48. The fourth-order valence-electron chi connectivity index (χ4n) is 2.48. The molecule has 1 aliphatic rings. The molecule has 9 nitrogen and oxygen atoms in total. The third-order valence-corrected chi connectivity index (χ3v) is 3.72. The summed E-state index contributed by atoms with van der Waals surface area (Å²) in [5.74, 6) is -2.56. The summed E-state index contributed by atoms with van der Waals surface area (Å²) >= 11 is 0. The molecule has 3 atom stereocenters. The molecular weight excluding hydrogens is 321 g/mol. The molecule has 0 aliphatic carbocycles. The van der Waals surface area contributed by atoms with E-state index in [4.69, 9.17) is 10.8 Å². The van der Waals surface area contributed by atoms with Crippen molar-refractivity contribution in [3.05, 3.63) is 34.5 Å². The van der Waals surface area contributed by atoms with E-state index in [1.165, 1.54) is 12.1 Å². The number of rotatable bonds is 5. The Kier molecular flexibility index (Phi) is 4.98. The van der Waals surface area contributed by atoms with Crippen LogP contribution in [0, 0.1) is 10.7 Å². The van der Waals surface area contributed by atoms with Gasteiger partial charge >= 0.3 is 12.1 Å². The van der Waals surface area contributed by atoms with Crippen molar-refractivity contribution >= 4 is 17.6 Å². The van der Waals surface area contributed by atoms with E-state index in [2.05, 4.69) is 10.7 Å². The Balaban J connectivity index is 2.21. The summed E-state index contributed by atoms with van der Waals surface area (Å²) < 4.78 is 13.9. The maximum Gasteiger partial charge on any atom is 0.322 e. The van der Waals surface area contributed by atoms with Gasteiger partial charge < -0.3 is 16.2 Å². The number of carbonyl (C=O) groups is 2. The number of nitrogens with one attached hydrogen (secondary N) is 2. The van der Waals surface area contributed by atoms with Crippen LogP contribution in [0.5, 0.6) is 0 Å². The molecule has 0 spiro atoms. The van der Waals surface area contributed by atoms with Gasteiger partial charge in [0.1, 0.15) is 16.7 Å². The molecule has 2 rings (SSSR count). The molecule has 1 amide bonds. The fraction of sp³-hybridized carbons (Fsp3) is 0.429. The van der Waals surface area contributed by atoms with E-state index in [1.807, 2.05) is 0 Å². The van der Waals surface area contributed by atoms with Crippen molar-refractivity contribution in [2.75, 3.05) is 11.4 Å². The van der Waals surface area contributed by atoms with Gasteiger partial charge in [0.05, 0.1) is 4.91 Å². The SMILES string of the molecule is CC1N[N+](=O)C(C)N1c1cc(F)cc(C(=O)NC[C@@H](N)C(=O)O)c1. The van der Waals surface area contributed by atoms with Crippen LogP contribution in [0.3, 0.4) is 0 Å². The summed E-state index contributed by atoms with van der Waals surface area (Å²) in [5.41, 5.74) is 8.30. The molecule has 0 saturated carbocycles. The molecule has 0 bridgehead atoms. The smallest absolute Gasteiger partial charge is 0.322 e. The van der Waals surface area contributed by atoms with E-state index >= 15 is 0 Å². The van der Waals surface area contributed by atoms with Crippen molar-refractivity contribution in [1.82, 2.24) is 10.7 Å². The molecule has 0 aromatic heterocycles. The Morgan fingerprint density at radius 2 is 2.12 bits per heavy atom. The largest absolute Gasteiger partial charge is 0.480 e. The van der Waals surface area contributed by atoms with Crippen LogP contribution < -0.4 is 21.4 Å². The van der Waals surface area contributed by atoms with E-state index in [1.54, 1.807) is 18.7 Å². The lowest BCUT2D eigenvalue weighted by atomic mass is 10.1. The molecule has 1 fully saturated rings. The summed E-state index contributed by atoms with van der Waals surface area (Å²) in [6.07, 6.45) is -0.964. The average Bonchev–Trinajstić information content (AvgIpc) is 2.76. The van der Waals surface area contributed by atoms with Gasteiger partial charge in [0.2, 0.25) is 0 Å². The highest BCUT2D eigenvalue weighted by Crippen LogP contribution is 2.25. The highest BCUT2D eigenvalue weighted by Gasteiger charge is 2.41. The summed E-state index contributed by atoms with van der Waals surface area (Å²) in [6, 6.07) is 2.42. The minimum absolute atomic E-state index is 0.00587. The molecule has 1 aromatic carbocycles. The van der Waals surface area contributed by atoms with Gasteiger partial charge in [-0.3, -0.25) is 14.5 Å². The number of nitrogens with zero attached hydrogens (tertiary/aromatic N) is 2. The highest BCUT2D eigenvalue weighted by molar-refractivity contribution is 5.95. The lowest BCUT2D eigenvalue weighted by molar-refractivity contribution is -0.617. The van der Waals surface area contributed by atoms with E-state index < -0.39 is 29.9 Å². The maximum absolute atomic E-state index is 13.9. The van der Waals surface area contributed by atoms with E-state index in [9.17, 15) is 18.9 Å².